The van der Waals surface area contributed by atoms with Gasteiger partial charge in [-0.05, 0) is 31.7 Å². The molecule has 1 aliphatic carbocycles. The number of rotatable bonds is 1. The van der Waals surface area contributed by atoms with Crippen LogP contribution in [0.4, 0.5) is 0 Å². The van der Waals surface area contributed by atoms with Crippen LogP contribution in [0.25, 0.3) is 11.0 Å². The summed E-state index contributed by atoms with van der Waals surface area (Å²) in [6, 6.07) is 8.19. The summed E-state index contributed by atoms with van der Waals surface area (Å²) in [5.41, 5.74) is 2.30. The Bertz CT molecular complexity index is 555. The smallest absolute Gasteiger partial charge is 0.134 e. The van der Waals surface area contributed by atoms with Crippen molar-refractivity contribution < 1.29 is 9.21 Å². The molecule has 1 aromatic heterocycles. The molecule has 1 aliphatic rings. The predicted molar refractivity (Wildman–Crippen MR) is 67.2 cm³/mol. The molecule has 0 aliphatic heterocycles. The fourth-order valence-electron chi connectivity index (χ4n) is 2.92. The zero-order chi connectivity index (χ0) is 11.8. The summed E-state index contributed by atoms with van der Waals surface area (Å²) in [5, 5.41) is 1.23. The van der Waals surface area contributed by atoms with E-state index in [9.17, 15) is 4.79 Å². The van der Waals surface area contributed by atoms with E-state index in [1.807, 2.05) is 19.1 Å². The molecule has 1 fully saturated rings. The van der Waals surface area contributed by atoms with Crippen LogP contribution >= 0.6 is 0 Å². The molecule has 0 spiro atoms. The van der Waals surface area contributed by atoms with E-state index < -0.39 is 0 Å². The SMILES string of the molecule is Cc1oc2ccccc2c1C1CCC(=O)CC1. The molecular weight excluding hydrogens is 212 g/mol. The molecule has 2 aromatic rings. The molecule has 0 unspecified atom stereocenters. The summed E-state index contributed by atoms with van der Waals surface area (Å²) < 4.78 is 5.79. The maximum Gasteiger partial charge on any atom is 0.134 e. The van der Waals surface area contributed by atoms with Crippen molar-refractivity contribution >= 4 is 16.8 Å². The molecule has 0 atom stereocenters. The zero-order valence-corrected chi connectivity index (χ0v) is 10.0. The van der Waals surface area contributed by atoms with Gasteiger partial charge in [-0.25, -0.2) is 0 Å². The van der Waals surface area contributed by atoms with E-state index in [0.29, 0.717) is 11.7 Å². The van der Waals surface area contributed by atoms with Crippen molar-refractivity contribution in [2.75, 3.05) is 0 Å². The highest BCUT2D eigenvalue weighted by Crippen LogP contribution is 2.38. The third kappa shape index (κ3) is 1.78. The molecule has 3 rings (SSSR count). The van der Waals surface area contributed by atoms with Crippen LogP contribution in [0, 0.1) is 6.92 Å². The van der Waals surface area contributed by atoms with Crippen molar-refractivity contribution in [3.05, 3.63) is 35.6 Å². The third-order valence-corrected chi connectivity index (χ3v) is 3.77. The lowest BCUT2D eigenvalue weighted by Gasteiger charge is -2.20. The molecular formula is C15H16O2. The molecule has 2 heteroatoms. The molecule has 1 aromatic carbocycles. The number of carbonyl (C=O) groups is 1. The molecule has 1 heterocycles. The van der Waals surface area contributed by atoms with Crippen LogP contribution in [-0.4, -0.2) is 5.78 Å². The predicted octanol–water partition coefficient (Wildman–Crippen LogP) is 3.97. The summed E-state index contributed by atoms with van der Waals surface area (Å²) in [7, 11) is 0. The van der Waals surface area contributed by atoms with Crippen molar-refractivity contribution in [1.82, 2.24) is 0 Å². The second-order valence-corrected chi connectivity index (χ2v) is 4.88. The Morgan fingerprint density at radius 3 is 2.65 bits per heavy atom. The van der Waals surface area contributed by atoms with Crippen molar-refractivity contribution in [3.63, 3.8) is 0 Å². The highest BCUT2D eigenvalue weighted by molar-refractivity contribution is 5.84. The number of carbonyl (C=O) groups excluding carboxylic acids is 1. The van der Waals surface area contributed by atoms with Crippen LogP contribution in [0.3, 0.4) is 0 Å². The monoisotopic (exact) mass is 228 g/mol. The quantitative estimate of drug-likeness (QED) is 0.739. The number of benzene rings is 1. The summed E-state index contributed by atoms with van der Waals surface area (Å²) in [6.45, 7) is 2.03. The Morgan fingerprint density at radius 2 is 1.88 bits per heavy atom. The Kier molecular flexibility index (Phi) is 2.50. The Labute approximate surface area is 101 Å². The van der Waals surface area contributed by atoms with E-state index in [1.54, 1.807) is 0 Å². The number of Topliss-reactive ketones (excluding diaryl/α,β-unsaturated/α-hetero) is 1. The van der Waals surface area contributed by atoms with Crippen LogP contribution in [0.1, 0.15) is 42.9 Å². The maximum atomic E-state index is 11.3. The number of hydrogen-bond acceptors (Lipinski definition) is 2. The summed E-state index contributed by atoms with van der Waals surface area (Å²) in [4.78, 5) is 11.3. The van der Waals surface area contributed by atoms with E-state index in [2.05, 4.69) is 12.1 Å². The van der Waals surface area contributed by atoms with Gasteiger partial charge in [0.2, 0.25) is 0 Å². The number of ketones is 1. The maximum absolute atomic E-state index is 11.3. The fraction of sp³-hybridized carbons (Fsp3) is 0.400. The Balaban J connectivity index is 2.04. The van der Waals surface area contributed by atoms with Gasteiger partial charge in [0.15, 0.2) is 0 Å². The minimum absolute atomic E-state index is 0.409. The van der Waals surface area contributed by atoms with Crippen LogP contribution in [-0.2, 0) is 4.79 Å². The van der Waals surface area contributed by atoms with Gasteiger partial charge in [0.05, 0.1) is 0 Å². The molecule has 0 radical (unpaired) electrons. The van der Waals surface area contributed by atoms with Gasteiger partial charge in [-0.15, -0.1) is 0 Å². The first-order valence-electron chi connectivity index (χ1n) is 6.25. The van der Waals surface area contributed by atoms with E-state index in [-0.39, 0.29) is 0 Å². The molecule has 0 saturated heterocycles. The fourth-order valence-corrected chi connectivity index (χ4v) is 2.92. The number of fused-ring (bicyclic) bond motifs is 1. The van der Waals surface area contributed by atoms with Crippen LogP contribution < -0.4 is 0 Å². The molecule has 0 N–H and O–H groups in total. The normalized spacial score (nSPS) is 17.8. The van der Waals surface area contributed by atoms with Crippen LogP contribution in [0.2, 0.25) is 0 Å². The topological polar surface area (TPSA) is 30.2 Å². The average molecular weight is 228 g/mol. The molecule has 0 amide bonds. The standard InChI is InChI=1S/C15H16O2/c1-10-15(11-6-8-12(16)9-7-11)13-4-2-3-5-14(13)17-10/h2-5,11H,6-9H2,1H3. The Morgan fingerprint density at radius 1 is 1.18 bits per heavy atom. The number of para-hydroxylation sites is 1. The second kappa shape index (κ2) is 4.02. The summed E-state index contributed by atoms with van der Waals surface area (Å²) in [6.07, 6.45) is 3.40. The molecule has 1 saturated carbocycles. The average Bonchev–Trinajstić information content (AvgIpc) is 2.66. The first kappa shape index (κ1) is 10.6. The number of aryl methyl sites for hydroxylation is 1. The molecule has 17 heavy (non-hydrogen) atoms. The first-order chi connectivity index (χ1) is 8.25. The summed E-state index contributed by atoms with van der Waals surface area (Å²) >= 11 is 0. The molecule has 2 nitrogen and oxygen atoms in total. The van der Waals surface area contributed by atoms with Gasteiger partial charge < -0.3 is 4.42 Å². The van der Waals surface area contributed by atoms with Crippen molar-refractivity contribution in [1.29, 1.82) is 0 Å². The minimum atomic E-state index is 0.409. The number of furan rings is 1. The summed E-state index contributed by atoms with van der Waals surface area (Å²) in [5.74, 6) is 1.92. The highest BCUT2D eigenvalue weighted by atomic mass is 16.3. The lowest BCUT2D eigenvalue weighted by atomic mass is 9.82. The van der Waals surface area contributed by atoms with Crippen LogP contribution in [0.5, 0.6) is 0 Å². The first-order valence-corrected chi connectivity index (χ1v) is 6.25. The second-order valence-electron chi connectivity index (χ2n) is 4.88. The zero-order valence-electron chi connectivity index (χ0n) is 10.0. The van der Waals surface area contributed by atoms with E-state index >= 15 is 0 Å². The lowest BCUT2D eigenvalue weighted by molar-refractivity contribution is -0.120. The van der Waals surface area contributed by atoms with Gasteiger partial charge in [-0.1, -0.05) is 18.2 Å². The third-order valence-electron chi connectivity index (χ3n) is 3.77. The van der Waals surface area contributed by atoms with Gasteiger partial charge in [0, 0.05) is 23.8 Å². The van der Waals surface area contributed by atoms with E-state index in [0.717, 1.165) is 37.0 Å². The van der Waals surface area contributed by atoms with Crippen LogP contribution in [0.15, 0.2) is 28.7 Å². The number of hydrogen-bond donors (Lipinski definition) is 0. The lowest BCUT2D eigenvalue weighted by Crippen LogP contribution is -2.12. The Hall–Kier alpha value is -1.57. The largest absolute Gasteiger partial charge is 0.461 e. The van der Waals surface area contributed by atoms with Gasteiger partial charge in [-0.3, -0.25) is 4.79 Å². The highest BCUT2D eigenvalue weighted by Gasteiger charge is 2.25. The van der Waals surface area contributed by atoms with Crippen molar-refractivity contribution in [3.8, 4) is 0 Å². The van der Waals surface area contributed by atoms with Gasteiger partial charge in [0.25, 0.3) is 0 Å². The van der Waals surface area contributed by atoms with E-state index in [1.165, 1.54) is 10.9 Å². The van der Waals surface area contributed by atoms with Gasteiger partial charge >= 0.3 is 0 Å². The minimum Gasteiger partial charge on any atom is -0.461 e. The van der Waals surface area contributed by atoms with Gasteiger partial charge in [0.1, 0.15) is 17.1 Å². The van der Waals surface area contributed by atoms with Crippen molar-refractivity contribution in [2.24, 2.45) is 0 Å². The molecule has 0 bridgehead atoms. The van der Waals surface area contributed by atoms with Gasteiger partial charge in [-0.2, -0.15) is 0 Å². The molecule has 88 valence electrons. The van der Waals surface area contributed by atoms with Crippen molar-refractivity contribution in [2.45, 2.75) is 38.5 Å². The van der Waals surface area contributed by atoms with E-state index in [4.69, 9.17) is 4.42 Å².